The smallest absolute Gasteiger partial charge is 0.339 e. The van der Waals surface area contributed by atoms with Crippen LogP contribution in [0.25, 0.3) is 22.2 Å². The Hall–Kier alpha value is -5.08. The summed E-state index contributed by atoms with van der Waals surface area (Å²) in [6, 6.07) is 24.1. The maximum absolute atomic E-state index is 12.9. The van der Waals surface area contributed by atoms with Gasteiger partial charge in [0.25, 0.3) is 0 Å². The molecule has 0 bridgehead atoms. The van der Waals surface area contributed by atoms with Crippen molar-refractivity contribution in [2.75, 3.05) is 18.4 Å². The maximum atomic E-state index is 12.9. The lowest BCUT2D eigenvalue weighted by atomic mass is 9.98. The number of esters is 1. The molecule has 0 saturated carbocycles. The lowest BCUT2D eigenvalue weighted by Crippen LogP contribution is -2.25. The first-order valence-corrected chi connectivity index (χ1v) is 15.6. The van der Waals surface area contributed by atoms with E-state index in [0.717, 1.165) is 83.6 Å². The number of benzene rings is 3. The average molecular weight is 601 g/mol. The van der Waals surface area contributed by atoms with Gasteiger partial charge in [0, 0.05) is 31.7 Å². The van der Waals surface area contributed by atoms with Crippen LogP contribution in [0, 0.1) is 29.6 Å². The number of aryl methyl sites for hydroxylation is 2. The molecule has 0 aliphatic carbocycles. The molecule has 1 fully saturated rings. The summed E-state index contributed by atoms with van der Waals surface area (Å²) in [7, 11) is 0. The molecule has 45 heavy (non-hydrogen) atoms. The number of imidazole rings is 1. The van der Waals surface area contributed by atoms with Gasteiger partial charge < -0.3 is 19.5 Å². The Bertz CT molecular complexity index is 1810. The lowest BCUT2D eigenvalue weighted by Gasteiger charge is -2.23. The van der Waals surface area contributed by atoms with Crippen LogP contribution in [0.15, 0.2) is 72.1 Å². The average Bonchev–Trinajstić information content (AvgIpc) is 3.66. The number of carbonyl (C=O) groups excluding carboxylic acids is 1. The molecular weight excluding hydrogens is 560 g/mol. The molecule has 1 N–H and O–H groups in total. The minimum Gasteiger partial charge on any atom is -0.456 e. The van der Waals surface area contributed by atoms with Gasteiger partial charge in [0.2, 0.25) is 0 Å². The number of allylic oxidation sites excluding steroid dienone is 1. The number of hydrogen-bond donors (Lipinski definition) is 1. The van der Waals surface area contributed by atoms with Crippen LogP contribution < -0.4 is 5.32 Å². The Morgan fingerprint density at radius 2 is 1.71 bits per heavy atom. The number of carbonyl (C=O) groups is 1. The van der Waals surface area contributed by atoms with Crippen LogP contribution >= 0.6 is 0 Å². The Labute approximate surface area is 265 Å². The van der Waals surface area contributed by atoms with Gasteiger partial charge in [-0.3, -0.25) is 0 Å². The fourth-order valence-electron chi connectivity index (χ4n) is 5.83. The van der Waals surface area contributed by atoms with Crippen LogP contribution in [0.5, 0.6) is 0 Å². The normalized spacial score (nSPS) is 12.9. The van der Waals surface area contributed by atoms with Crippen LogP contribution in [0.1, 0.15) is 74.3 Å². The third kappa shape index (κ3) is 7.02. The van der Waals surface area contributed by atoms with Crippen molar-refractivity contribution in [3.8, 4) is 23.3 Å². The molecule has 0 atom stereocenters. The van der Waals surface area contributed by atoms with Crippen molar-refractivity contribution in [3.63, 3.8) is 0 Å². The summed E-state index contributed by atoms with van der Waals surface area (Å²) < 4.78 is 7.92. The fraction of sp³-hybridized carbons (Fsp3) is 0.351. The predicted octanol–water partition coefficient (Wildman–Crippen LogP) is 7.73. The van der Waals surface area contributed by atoms with E-state index >= 15 is 0 Å². The van der Waals surface area contributed by atoms with Crippen molar-refractivity contribution in [1.82, 2.24) is 14.5 Å². The largest absolute Gasteiger partial charge is 0.456 e. The zero-order chi connectivity index (χ0) is 32.1. The highest BCUT2D eigenvalue weighted by Crippen LogP contribution is 2.30. The van der Waals surface area contributed by atoms with Gasteiger partial charge in [-0.2, -0.15) is 10.5 Å². The van der Waals surface area contributed by atoms with E-state index in [4.69, 9.17) is 9.72 Å². The Morgan fingerprint density at radius 3 is 2.36 bits per heavy atom. The summed E-state index contributed by atoms with van der Waals surface area (Å²) in [4.78, 5) is 20.1. The standard InChI is InChI=1S/C37H40N6O2/c1-6-11-33-41-34-25(2)20-29(40-35(28(22-38)23-39)42-18-9-10-19-42)21-32(34)43(33)24-26-14-16-27(17-15-26)30-12-7-8-13-31(30)36(44)45-37(3,4)5/h7-8,12-17,20-21,40H,6,9-11,18-19,24H2,1-5H3. The molecule has 1 aromatic heterocycles. The molecule has 3 aromatic carbocycles. The summed E-state index contributed by atoms with van der Waals surface area (Å²) in [6.45, 7) is 12.1. The molecule has 0 unspecified atom stereocenters. The topological polar surface area (TPSA) is 107 Å². The van der Waals surface area contributed by atoms with E-state index in [0.29, 0.717) is 17.9 Å². The maximum Gasteiger partial charge on any atom is 0.339 e. The molecule has 0 radical (unpaired) electrons. The number of rotatable bonds is 9. The third-order valence-electron chi connectivity index (χ3n) is 7.89. The van der Waals surface area contributed by atoms with Gasteiger partial charge in [-0.25, -0.2) is 9.78 Å². The monoisotopic (exact) mass is 600 g/mol. The number of aromatic nitrogens is 2. The molecule has 1 saturated heterocycles. The Kier molecular flexibility index (Phi) is 9.25. The Balaban J connectivity index is 1.49. The van der Waals surface area contributed by atoms with Crippen molar-refractivity contribution in [1.29, 1.82) is 10.5 Å². The van der Waals surface area contributed by atoms with Crippen LogP contribution in [-0.2, 0) is 17.7 Å². The van der Waals surface area contributed by atoms with Gasteiger partial charge in [-0.1, -0.05) is 49.4 Å². The summed E-state index contributed by atoms with van der Waals surface area (Å²) in [5.41, 5.74) is 6.72. The van der Waals surface area contributed by atoms with E-state index in [9.17, 15) is 15.3 Å². The van der Waals surface area contributed by atoms with E-state index in [-0.39, 0.29) is 11.5 Å². The quantitative estimate of drug-likeness (QED) is 0.155. The lowest BCUT2D eigenvalue weighted by molar-refractivity contribution is 0.00704. The molecule has 8 nitrogen and oxygen atoms in total. The molecule has 0 spiro atoms. The molecule has 5 rings (SSSR count). The van der Waals surface area contributed by atoms with E-state index in [2.05, 4.69) is 52.0 Å². The summed E-state index contributed by atoms with van der Waals surface area (Å²) in [5.74, 6) is 1.24. The van der Waals surface area contributed by atoms with Crippen LogP contribution in [0.2, 0.25) is 0 Å². The van der Waals surface area contributed by atoms with E-state index in [1.165, 1.54) is 0 Å². The first kappa shape index (κ1) is 31.3. The van der Waals surface area contributed by atoms with E-state index in [1.54, 1.807) is 6.07 Å². The van der Waals surface area contributed by atoms with Crippen molar-refractivity contribution >= 4 is 22.7 Å². The second kappa shape index (κ2) is 13.3. The van der Waals surface area contributed by atoms with Crippen LogP contribution in [-0.4, -0.2) is 39.1 Å². The number of ether oxygens (including phenoxy) is 1. The Morgan fingerprint density at radius 1 is 1.02 bits per heavy atom. The minimum absolute atomic E-state index is 0.0863. The molecule has 1 aliphatic rings. The van der Waals surface area contributed by atoms with Crippen molar-refractivity contribution in [2.24, 2.45) is 0 Å². The predicted molar refractivity (Wildman–Crippen MR) is 177 cm³/mol. The van der Waals surface area contributed by atoms with Crippen molar-refractivity contribution in [2.45, 2.75) is 72.4 Å². The number of nitrogens with one attached hydrogen (secondary N) is 1. The second-order valence-electron chi connectivity index (χ2n) is 12.5. The van der Waals surface area contributed by atoms with Gasteiger partial charge in [0.15, 0.2) is 5.57 Å². The first-order chi connectivity index (χ1) is 21.6. The molecule has 8 heteroatoms. The number of fused-ring (bicyclic) bond motifs is 1. The first-order valence-electron chi connectivity index (χ1n) is 15.6. The molecule has 1 aliphatic heterocycles. The highest BCUT2D eigenvalue weighted by atomic mass is 16.6. The molecular formula is C37H40N6O2. The summed E-state index contributed by atoms with van der Waals surface area (Å²) in [6.07, 6.45) is 3.87. The van der Waals surface area contributed by atoms with Gasteiger partial charge in [-0.05, 0) is 87.4 Å². The van der Waals surface area contributed by atoms with Crippen molar-refractivity contribution in [3.05, 3.63) is 94.6 Å². The fourth-order valence-corrected chi connectivity index (χ4v) is 5.83. The van der Waals surface area contributed by atoms with Crippen LogP contribution in [0.3, 0.4) is 0 Å². The molecule has 4 aromatic rings. The molecule has 0 amide bonds. The number of nitrogens with zero attached hydrogens (tertiary/aromatic N) is 5. The SMILES string of the molecule is CCCc1nc2c(C)cc(NC(=C(C#N)C#N)N3CCCC3)cc2n1Cc1ccc(-c2ccccc2C(=O)OC(C)(C)C)cc1. The molecule has 230 valence electrons. The van der Waals surface area contributed by atoms with E-state index < -0.39 is 5.60 Å². The van der Waals surface area contributed by atoms with Gasteiger partial charge in [0.1, 0.15) is 29.4 Å². The minimum atomic E-state index is -0.578. The third-order valence-corrected chi connectivity index (χ3v) is 7.89. The number of likely N-dealkylation sites (tertiary alicyclic amines) is 1. The zero-order valence-electron chi connectivity index (χ0n) is 26.8. The van der Waals surface area contributed by atoms with Gasteiger partial charge >= 0.3 is 5.97 Å². The highest BCUT2D eigenvalue weighted by Gasteiger charge is 2.22. The van der Waals surface area contributed by atoms with Gasteiger partial charge in [-0.15, -0.1) is 0 Å². The number of hydrogen-bond acceptors (Lipinski definition) is 7. The van der Waals surface area contributed by atoms with E-state index in [1.807, 2.05) is 64.1 Å². The highest BCUT2D eigenvalue weighted by molar-refractivity contribution is 5.97. The molecule has 2 heterocycles. The zero-order valence-corrected chi connectivity index (χ0v) is 26.8. The van der Waals surface area contributed by atoms with Crippen LogP contribution in [0.4, 0.5) is 5.69 Å². The second-order valence-corrected chi connectivity index (χ2v) is 12.5. The van der Waals surface area contributed by atoms with Crippen molar-refractivity contribution < 1.29 is 9.53 Å². The summed E-state index contributed by atoms with van der Waals surface area (Å²) >= 11 is 0. The number of nitriles is 2. The number of anilines is 1. The summed E-state index contributed by atoms with van der Waals surface area (Å²) in [5, 5.41) is 22.8. The van der Waals surface area contributed by atoms with Gasteiger partial charge in [0.05, 0.1) is 16.6 Å².